The van der Waals surface area contributed by atoms with Crippen LogP contribution >= 0.6 is 0 Å². The summed E-state index contributed by atoms with van der Waals surface area (Å²) < 4.78 is 0. The van der Waals surface area contributed by atoms with Gasteiger partial charge in [-0.25, -0.2) is 0 Å². The Labute approximate surface area is 127 Å². The average molecular weight is 299 g/mol. The number of β-amino-alcohol motifs (C(OH)–C–C–N with tert-alkyl or cyclic N) is 1. The first-order valence-corrected chi connectivity index (χ1v) is 7.46. The molecule has 1 atom stereocenters. The average Bonchev–Trinajstić information content (AvgIpc) is 2.89. The van der Waals surface area contributed by atoms with Crippen LogP contribution in [-0.2, 0) is 22.6 Å². The maximum Gasteiger partial charge on any atom is 0.246 e. The van der Waals surface area contributed by atoms with Crippen molar-refractivity contribution in [3.8, 4) is 0 Å². The minimum atomic E-state index is -0.445. The van der Waals surface area contributed by atoms with Gasteiger partial charge in [0.05, 0.1) is 19.7 Å². The van der Waals surface area contributed by atoms with E-state index < -0.39 is 6.04 Å². The normalized spacial score (nSPS) is 21.2. The first-order chi connectivity index (χ1) is 10.7. The lowest BCUT2D eigenvalue weighted by Gasteiger charge is -2.42. The smallest absolute Gasteiger partial charge is 0.246 e. The van der Waals surface area contributed by atoms with Crippen molar-refractivity contribution in [3.05, 3.63) is 35.5 Å². The number of carbonyl (C=O) groups excluding carboxylic acids is 2. The Morgan fingerprint density at radius 3 is 2.86 bits per heavy atom. The molecule has 1 saturated heterocycles. The highest BCUT2D eigenvalue weighted by Gasteiger charge is 2.42. The number of amides is 2. The zero-order valence-corrected chi connectivity index (χ0v) is 12.1. The van der Waals surface area contributed by atoms with E-state index in [1.54, 1.807) is 4.90 Å². The van der Waals surface area contributed by atoms with Crippen molar-refractivity contribution in [3.63, 3.8) is 0 Å². The molecule has 6 nitrogen and oxygen atoms in total. The monoisotopic (exact) mass is 299 g/mol. The number of nitrogens with zero attached hydrogens (tertiary/aromatic N) is 2. The number of hydrogen-bond acceptors (Lipinski definition) is 3. The lowest BCUT2D eigenvalue weighted by molar-refractivity contribution is -0.157. The number of hydrogen-bond donors (Lipinski definition) is 2. The molecule has 2 amide bonds. The summed E-state index contributed by atoms with van der Waals surface area (Å²) in [5.41, 5.74) is 3.19. The molecule has 2 N–H and O–H groups in total. The molecule has 2 aliphatic rings. The number of aliphatic hydroxyl groups excluding tert-OH is 1. The van der Waals surface area contributed by atoms with Gasteiger partial charge in [0.15, 0.2) is 0 Å². The molecule has 0 saturated carbocycles. The van der Waals surface area contributed by atoms with Gasteiger partial charge in [0.2, 0.25) is 11.8 Å². The van der Waals surface area contributed by atoms with Crippen molar-refractivity contribution in [2.24, 2.45) is 0 Å². The fraction of sp³-hybridized carbons (Fsp3) is 0.375. The van der Waals surface area contributed by atoms with Crippen LogP contribution in [0.25, 0.3) is 10.9 Å². The zero-order valence-electron chi connectivity index (χ0n) is 12.1. The topological polar surface area (TPSA) is 76.6 Å². The first-order valence-electron chi connectivity index (χ1n) is 7.46. The number of rotatable bonds is 2. The Morgan fingerprint density at radius 2 is 2.05 bits per heavy atom. The van der Waals surface area contributed by atoms with Crippen LogP contribution in [0.4, 0.5) is 0 Å². The van der Waals surface area contributed by atoms with E-state index in [0.717, 1.165) is 22.2 Å². The fourth-order valence-corrected chi connectivity index (χ4v) is 3.54. The van der Waals surface area contributed by atoms with E-state index >= 15 is 0 Å². The molecule has 3 heterocycles. The largest absolute Gasteiger partial charge is 0.395 e. The molecule has 114 valence electrons. The van der Waals surface area contributed by atoms with E-state index in [1.165, 1.54) is 4.90 Å². The van der Waals surface area contributed by atoms with E-state index in [1.807, 2.05) is 24.3 Å². The number of H-pyrrole nitrogens is 1. The summed E-state index contributed by atoms with van der Waals surface area (Å²) in [6, 6.07) is 7.56. The van der Waals surface area contributed by atoms with Crippen LogP contribution in [-0.4, -0.2) is 57.4 Å². The molecule has 0 radical (unpaired) electrons. The number of nitrogens with one attached hydrogen (secondary N) is 1. The van der Waals surface area contributed by atoms with Gasteiger partial charge in [0.1, 0.15) is 6.04 Å². The van der Waals surface area contributed by atoms with Gasteiger partial charge >= 0.3 is 0 Å². The Morgan fingerprint density at radius 1 is 1.23 bits per heavy atom. The molecular formula is C16H17N3O3. The molecule has 4 rings (SSSR count). The number of benzene rings is 1. The Hall–Kier alpha value is -2.34. The highest BCUT2D eigenvalue weighted by atomic mass is 16.3. The highest BCUT2D eigenvalue weighted by molar-refractivity contribution is 5.96. The Bertz CT molecular complexity index is 767. The lowest BCUT2D eigenvalue weighted by atomic mass is 9.94. The third kappa shape index (κ3) is 1.84. The molecular weight excluding hydrogens is 282 g/mol. The van der Waals surface area contributed by atoms with Gasteiger partial charge in [-0.05, 0) is 11.6 Å². The third-order valence-corrected chi connectivity index (χ3v) is 4.62. The number of aliphatic hydroxyl groups is 1. The van der Waals surface area contributed by atoms with Gasteiger partial charge in [-0.3, -0.25) is 9.59 Å². The zero-order chi connectivity index (χ0) is 15.3. The summed E-state index contributed by atoms with van der Waals surface area (Å²) in [6.45, 7) is 0.609. The van der Waals surface area contributed by atoms with Gasteiger partial charge < -0.3 is 19.9 Å². The van der Waals surface area contributed by atoms with Gasteiger partial charge in [0.25, 0.3) is 0 Å². The van der Waals surface area contributed by atoms with Crippen LogP contribution in [0.1, 0.15) is 11.3 Å². The van der Waals surface area contributed by atoms with Crippen molar-refractivity contribution in [1.82, 2.24) is 14.8 Å². The second-order valence-electron chi connectivity index (χ2n) is 5.85. The number of carbonyl (C=O) groups is 2. The number of piperazine rings is 1. The number of para-hydroxylation sites is 1. The van der Waals surface area contributed by atoms with E-state index in [-0.39, 0.29) is 31.5 Å². The highest BCUT2D eigenvalue weighted by Crippen LogP contribution is 2.32. The molecule has 0 bridgehead atoms. The van der Waals surface area contributed by atoms with Gasteiger partial charge in [-0.2, -0.15) is 0 Å². The van der Waals surface area contributed by atoms with E-state index in [2.05, 4.69) is 4.98 Å². The summed E-state index contributed by atoms with van der Waals surface area (Å²) >= 11 is 0. The molecule has 0 aliphatic carbocycles. The third-order valence-electron chi connectivity index (χ3n) is 4.62. The van der Waals surface area contributed by atoms with Crippen molar-refractivity contribution in [2.45, 2.75) is 19.0 Å². The first kappa shape index (κ1) is 13.3. The number of aromatic nitrogens is 1. The van der Waals surface area contributed by atoms with Crippen LogP contribution in [0.3, 0.4) is 0 Å². The van der Waals surface area contributed by atoms with Gasteiger partial charge in [-0.1, -0.05) is 18.2 Å². The van der Waals surface area contributed by atoms with Crippen LogP contribution in [0.15, 0.2) is 24.3 Å². The van der Waals surface area contributed by atoms with Crippen LogP contribution in [0, 0.1) is 0 Å². The molecule has 6 heteroatoms. The molecule has 1 unspecified atom stereocenters. The van der Waals surface area contributed by atoms with Crippen molar-refractivity contribution < 1.29 is 14.7 Å². The fourth-order valence-electron chi connectivity index (χ4n) is 3.54. The van der Waals surface area contributed by atoms with Crippen LogP contribution in [0.5, 0.6) is 0 Å². The van der Waals surface area contributed by atoms with E-state index in [4.69, 9.17) is 5.11 Å². The van der Waals surface area contributed by atoms with Gasteiger partial charge in [0, 0.05) is 29.6 Å². The molecule has 22 heavy (non-hydrogen) atoms. The molecule has 1 aromatic heterocycles. The van der Waals surface area contributed by atoms with Crippen molar-refractivity contribution >= 4 is 22.7 Å². The van der Waals surface area contributed by atoms with Crippen LogP contribution < -0.4 is 0 Å². The van der Waals surface area contributed by atoms with Crippen LogP contribution in [0.2, 0.25) is 0 Å². The summed E-state index contributed by atoms with van der Waals surface area (Å²) in [6.07, 6.45) is 0.534. The minimum Gasteiger partial charge on any atom is -0.395 e. The predicted octanol–water partition coefficient (Wildman–Crippen LogP) is 0.256. The number of fused-ring (bicyclic) bond motifs is 4. The van der Waals surface area contributed by atoms with E-state index in [9.17, 15) is 9.59 Å². The predicted molar refractivity (Wildman–Crippen MR) is 80.0 cm³/mol. The summed E-state index contributed by atoms with van der Waals surface area (Å²) in [4.78, 5) is 31.4. The maximum absolute atomic E-state index is 12.6. The summed E-state index contributed by atoms with van der Waals surface area (Å²) in [7, 11) is 0. The lowest BCUT2D eigenvalue weighted by Crippen LogP contribution is -2.61. The second kappa shape index (κ2) is 4.84. The molecule has 2 aromatic rings. The van der Waals surface area contributed by atoms with Crippen molar-refractivity contribution in [2.75, 3.05) is 19.7 Å². The minimum absolute atomic E-state index is 0.0534. The maximum atomic E-state index is 12.6. The molecule has 0 spiro atoms. The number of aromatic amines is 1. The molecule has 1 fully saturated rings. The Kier molecular flexibility index (Phi) is 2.94. The van der Waals surface area contributed by atoms with Gasteiger partial charge in [-0.15, -0.1) is 0 Å². The van der Waals surface area contributed by atoms with E-state index in [0.29, 0.717) is 13.0 Å². The standard InChI is InChI=1S/C16H17N3O3/c20-6-5-18-9-15(21)19-8-13-11(7-14(19)16(18)22)10-3-1-2-4-12(10)17-13/h1-4,14,17,20H,5-9H2. The molecule has 2 aliphatic heterocycles. The second-order valence-corrected chi connectivity index (χ2v) is 5.85. The molecule has 1 aromatic carbocycles. The summed E-state index contributed by atoms with van der Waals surface area (Å²) in [5, 5.41) is 10.2. The van der Waals surface area contributed by atoms with Crippen molar-refractivity contribution in [1.29, 1.82) is 0 Å². The quantitative estimate of drug-likeness (QED) is 0.835. The Balaban J connectivity index is 1.75. The summed E-state index contributed by atoms with van der Waals surface area (Å²) in [5.74, 6) is -0.119. The SMILES string of the molecule is O=C1C2Cc3c([nH]c4ccccc34)CN2C(=O)CN1CCO.